The van der Waals surface area contributed by atoms with E-state index in [0.717, 1.165) is 23.7 Å². The predicted molar refractivity (Wildman–Crippen MR) is 53.5 cm³/mol. The quantitative estimate of drug-likeness (QED) is 0.798. The maximum absolute atomic E-state index is 5.56. The molecule has 1 unspecified atom stereocenters. The lowest BCUT2D eigenvalue weighted by Gasteiger charge is -2.05. The fourth-order valence-electron chi connectivity index (χ4n) is 1.63. The van der Waals surface area contributed by atoms with E-state index in [1.165, 1.54) is 17.9 Å². The Balaban J connectivity index is 1.99. The Bertz CT molecular complexity index is 268. The van der Waals surface area contributed by atoms with Crippen molar-refractivity contribution in [3.8, 4) is 0 Å². The number of hydrogen-bond donors (Lipinski definition) is 1. The van der Waals surface area contributed by atoms with Crippen LogP contribution in [0.25, 0.3) is 0 Å². The summed E-state index contributed by atoms with van der Waals surface area (Å²) >= 11 is 2.02. The van der Waals surface area contributed by atoms with Gasteiger partial charge in [0.05, 0.1) is 6.20 Å². The highest BCUT2D eigenvalue weighted by Gasteiger charge is 2.19. The summed E-state index contributed by atoms with van der Waals surface area (Å²) in [7, 11) is 0. The average molecular weight is 198 g/mol. The molecule has 1 aliphatic heterocycles. The molecule has 72 valence electrons. The van der Waals surface area contributed by atoms with Crippen molar-refractivity contribution in [2.75, 3.05) is 11.5 Å². The van der Waals surface area contributed by atoms with Gasteiger partial charge in [0.2, 0.25) is 0 Å². The second kappa shape index (κ2) is 4.15. The summed E-state index contributed by atoms with van der Waals surface area (Å²) in [4.78, 5) is 0. The Kier molecular flexibility index (Phi) is 2.90. The number of hydrogen-bond acceptors (Lipinski definition) is 4. The third-order valence-electron chi connectivity index (χ3n) is 2.45. The minimum absolute atomic E-state index is 0.540. The van der Waals surface area contributed by atoms with Crippen LogP contribution in [0.2, 0.25) is 0 Å². The molecule has 1 aromatic rings. The van der Waals surface area contributed by atoms with Gasteiger partial charge in [-0.1, -0.05) is 5.16 Å². The standard InChI is InChI=1S/C9H14N2OS/c10-4-8-5-11-12-9(8)3-7-1-2-13-6-7/h5,7H,1-4,6,10H2. The number of rotatable bonds is 3. The van der Waals surface area contributed by atoms with E-state index < -0.39 is 0 Å². The maximum atomic E-state index is 5.56. The van der Waals surface area contributed by atoms with Crippen molar-refractivity contribution in [3.05, 3.63) is 17.5 Å². The first-order chi connectivity index (χ1) is 6.40. The van der Waals surface area contributed by atoms with E-state index in [9.17, 15) is 0 Å². The van der Waals surface area contributed by atoms with Gasteiger partial charge in [0.15, 0.2) is 0 Å². The number of thioether (sulfide) groups is 1. The van der Waals surface area contributed by atoms with E-state index in [0.29, 0.717) is 6.54 Å². The third-order valence-corrected chi connectivity index (χ3v) is 3.68. The van der Waals surface area contributed by atoms with Crippen molar-refractivity contribution in [3.63, 3.8) is 0 Å². The molecule has 1 atom stereocenters. The van der Waals surface area contributed by atoms with E-state index in [-0.39, 0.29) is 0 Å². The molecule has 0 saturated carbocycles. The molecule has 1 aliphatic rings. The molecule has 3 nitrogen and oxygen atoms in total. The zero-order valence-electron chi connectivity index (χ0n) is 7.53. The zero-order chi connectivity index (χ0) is 9.10. The van der Waals surface area contributed by atoms with Gasteiger partial charge in [0.25, 0.3) is 0 Å². The largest absolute Gasteiger partial charge is 0.361 e. The summed E-state index contributed by atoms with van der Waals surface area (Å²) in [6.07, 6.45) is 4.05. The average Bonchev–Trinajstić information content (AvgIpc) is 2.76. The van der Waals surface area contributed by atoms with Crippen molar-refractivity contribution in [1.82, 2.24) is 5.16 Å². The van der Waals surface area contributed by atoms with Crippen LogP contribution in [0.3, 0.4) is 0 Å². The fraction of sp³-hybridized carbons (Fsp3) is 0.667. The molecule has 2 rings (SSSR count). The van der Waals surface area contributed by atoms with Crippen LogP contribution in [0.4, 0.5) is 0 Å². The molecule has 13 heavy (non-hydrogen) atoms. The fourth-order valence-corrected chi connectivity index (χ4v) is 2.91. The Morgan fingerprint density at radius 3 is 3.31 bits per heavy atom. The summed E-state index contributed by atoms with van der Waals surface area (Å²) < 4.78 is 5.18. The first kappa shape index (κ1) is 9.09. The normalized spacial score (nSPS) is 22.4. The van der Waals surface area contributed by atoms with E-state index in [1.807, 2.05) is 11.8 Å². The van der Waals surface area contributed by atoms with E-state index in [4.69, 9.17) is 10.3 Å². The van der Waals surface area contributed by atoms with Gasteiger partial charge < -0.3 is 10.3 Å². The first-order valence-electron chi connectivity index (χ1n) is 4.60. The molecule has 2 N–H and O–H groups in total. The smallest absolute Gasteiger partial charge is 0.141 e. The second-order valence-corrected chi connectivity index (χ2v) is 4.56. The first-order valence-corrected chi connectivity index (χ1v) is 5.76. The molecular weight excluding hydrogens is 184 g/mol. The highest BCUT2D eigenvalue weighted by molar-refractivity contribution is 7.99. The van der Waals surface area contributed by atoms with Gasteiger partial charge in [0, 0.05) is 18.5 Å². The van der Waals surface area contributed by atoms with Gasteiger partial charge in [-0.15, -0.1) is 0 Å². The Morgan fingerprint density at radius 2 is 2.62 bits per heavy atom. The van der Waals surface area contributed by atoms with Crippen LogP contribution in [-0.2, 0) is 13.0 Å². The van der Waals surface area contributed by atoms with Crippen LogP contribution in [0.5, 0.6) is 0 Å². The maximum Gasteiger partial charge on any atom is 0.141 e. The van der Waals surface area contributed by atoms with Crippen LogP contribution in [-0.4, -0.2) is 16.7 Å². The third kappa shape index (κ3) is 2.06. The molecule has 4 heteroatoms. The van der Waals surface area contributed by atoms with Gasteiger partial charge in [-0.3, -0.25) is 0 Å². The van der Waals surface area contributed by atoms with E-state index >= 15 is 0 Å². The number of nitrogens with zero attached hydrogens (tertiary/aromatic N) is 1. The molecule has 1 saturated heterocycles. The molecule has 0 bridgehead atoms. The second-order valence-electron chi connectivity index (χ2n) is 3.41. The molecule has 2 heterocycles. The van der Waals surface area contributed by atoms with Crippen molar-refractivity contribution in [2.45, 2.75) is 19.4 Å². The lowest BCUT2D eigenvalue weighted by molar-refractivity contribution is 0.363. The lowest BCUT2D eigenvalue weighted by atomic mass is 10.0. The summed E-state index contributed by atoms with van der Waals surface area (Å²) in [5.41, 5.74) is 6.63. The Hall–Kier alpha value is -0.480. The summed E-state index contributed by atoms with van der Waals surface area (Å²) in [5, 5.41) is 3.77. The lowest BCUT2D eigenvalue weighted by Crippen LogP contribution is -2.05. The van der Waals surface area contributed by atoms with Crippen molar-refractivity contribution >= 4 is 11.8 Å². The predicted octanol–water partition coefficient (Wildman–Crippen LogP) is 1.43. The molecule has 1 aromatic heterocycles. The number of nitrogens with two attached hydrogens (primary N) is 1. The van der Waals surface area contributed by atoms with Gasteiger partial charge in [0.1, 0.15) is 5.76 Å². The van der Waals surface area contributed by atoms with Crippen LogP contribution in [0.15, 0.2) is 10.7 Å². The molecule has 0 amide bonds. The van der Waals surface area contributed by atoms with Crippen molar-refractivity contribution < 1.29 is 4.52 Å². The molecule has 1 fully saturated rings. The van der Waals surface area contributed by atoms with E-state index in [2.05, 4.69) is 5.16 Å². The molecule has 0 aliphatic carbocycles. The van der Waals surface area contributed by atoms with Gasteiger partial charge in [-0.05, 0) is 23.8 Å². The van der Waals surface area contributed by atoms with Gasteiger partial charge in [-0.25, -0.2) is 0 Å². The Labute approximate surface area is 82.0 Å². The van der Waals surface area contributed by atoms with Crippen LogP contribution >= 0.6 is 11.8 Å². The molecule has 0 spiro atoms. The molecular formula is C9H14N2OS. The minimum atomic E-state index is 0.540. The highest BCUT2D eigenvalue weighted by atomic mass is 32.2. The van der Waals surface area contributed by atoms with Crippen LogP contribution in [0.1, 0.15) is 17.7 Å². The minimum Gasteiger partial charge on any atom is -0.361 e. The molecule has 0 aromatic carbocycles. The summed E-state index contributed by atoms with van der Waals surface area (Å²) in [5.74, 6) is 4.31. The van der Waals surface area contributed by atoms with Crippen molar-refractivity contribution in [2.24, 2.45) is 11.7 Å². The topological polar surface area (TPSA) is 52.0 Å². The zero-order valence-corrected chi connectivity index (χ0v) is 8.35. The van der Waals surface area contributed by atoms with Crippen LogP contribution in [0, 0.1) is 5.92 Å². The van der Waals surface area contributed by atoms with Crippen LogP contribution < -0.4 is 5.73 Å². The summed E-state index contributed by atoms with van der Waals surface area (Å²) in [6.45, 7) is 0.540. The van der Waals surface area contributed by atoms with Gasteiger partial charge in [-0.2, -0.15) is 11.8 Å². The van der Waals surface area contributed by atoms with E-state index in [1.54, 1.807) is 6.20 Å². The molecule has 0 radical (unpaired) electrons. The summed E-state index contributed by atoms with van der Waals surface area (Å²) in [6, 6.07) is 0. The number of aromatic nitrogens is 1. The van der Waals surface area contributed by atoms with Gasteiger partial charge >= 0.3 is 0 Å². The SMILES string of the molecule is NCc1cnoc1CC1CCSC1. The van der Waals surface area contributed by atoms with Crippen molar-refractivity contribution in [1.29, 1.82) is 0 Å². The monoisotopic (exact) mass is 198 g/mol. The Morgan fingerprint density at radius 1 is 1.69 bits per heavy atom. The highest BCUT2D eigenvalue weighted by Crippen LogP contribution is 2.27.